The number of furan rings is 2. The summed E-state index contributed by atoms with van der Waals surface area (Å²) in [5.41, 5.74) is 3.55. The van der Waals surface area contributed by atoms with Crippen LogP contribution in [0.4, 0.5) is 5.82 Å². The van der Waals surface area contributed by atoms with Crippen molar-refractivity contribution in [1.29, 1.82) is 0 Å². The zero-order valence-electron chi connectivity index (χ0n) is 13.2. The van der Waals surface area contributed by atoms with Gasteiger partial charge >= 0.3 is 0 Å². The lowest BCUT2D eigenvalue weighted by Crippen LogP contribution is -2.09. The molecule has 2 bridgehead atoms. The standard InChI is InChI=1S/C10H12O.C7H10N2S/c1-10(2,3)8-6-7-4-5-9(8)11-7;1-6(10)8-7-4-3-5-9(7)2/h4-6H,1-3H3;3-5H,1-2H3,(H,8,10). The van der Waals surface area contributed by atoms with Crippen LogP contribution in [0.5, 0.6) is 0 Å². The van der Waals surface area contributed by atoms with Gasteiger partial charge in [-0.3, -0.25) is 0 Å². The predicted molar refractivity (Wildman–Crippen MR) is 93.4 cm³/mol. The molecule has 0 amide bonds. The Morgan fingerprint density at radius 3 is 2.29 bits per heavy atom. The highest BCUT2D eigenvalue weighted by atomic mass is 32.1. The molecule has 0 saturated carbocycles. The Balaban J connectivity index is 0.000000155. The number of benzene rings is 1. The van der Waals surface area contributed by atoms with E-state index in [1.807, 2.05) is 49.0 Å². The molecule has 0 saturated heterocycles. The highest BCUT2D eigenvalue weighted by molar-refractivity contribution is 7.80. The molecule has 0 atom stereocenters. The summed E-state index contributed by atoms with van der Waals surface area (Å²) in [6.07, 6.45) is 1.97. The van der Waals surface area contributed by atoms with E-state index in [1.165, 1.54) is 5.56 Å². The van der Waals surface area contributed by atoms with Crippen molar-refractivity contribution in [3.8, 4) is 0 Å². The molecule has 0 aromatic carbocycles. The fourth-order valence-corrected chi connectivity index (χ4v) is 2.25. The Bertz CT molecular complexity index is 718. The van der Waals surface area contributed by atoms with Crippen molar-refractivity contribution in [1.82, 2.24) is 4.57 Å². The molecule has 3 heterocycles. The van der Waals surface area contributed by atoms with Gasteiger partial charge in [-0.15, -0.1) is 0 Å². The van der Waals surface area contributed by atoms with Gasteiger partial charge in [0, 0.05) is 18.8 Å². The third-order valence-electron chi connectivity index (χ3n) is 3.23. The van der Waals surface area contributed by atoms with Crippen LogP contribution in [-0.2, 0) is 12.5 Å². The van der Waals surface area contributed by atoms with Crippen LogP contribution in [-0.4, -0.2) is 9.56 Å². The molecule has 3 aromatic rings. The Kier molecular flexibility index (Phi) is 4.37. The zero-order chi connectivity index (χ0) is 15.6. The van der Waals surface area contributed by atoms with E-state index >= 15 is 0 Å². The summed E-state index contributed by atoms with van der Waals surface area (Å²) < 4.78 is 7.42. The topological polar surface area (TPSA) is 30.1 Å². The monoisotopic (exact) mass is 302 g/mol. The van der Waals surface area contributed by atoms with Crippen LogP contribution < -0.4 is 5.32 Å². The van der Waals surface area contributed by atoms with E-state index in [2.05, 4.69) is 32.2 Å². The first-order chi connectivity index (χ1) is 9.77. The second-order valence-electron chi connectivity index (χ2n) is 6.20. The van der Waals surface area contributed by atoms with Gasteiger partial charge < -0.3 is 14.3 Å². The molecule has 21 heavy (non-hydrogen) atoms. The van der Waals surface area contributed by atoms with Crippen LogP contribution in [0.1, 0.15) is 33.3 Å². The smallest absolute Gasteiger partial charge is 0.131 e. The van der Waals surface area contributed by atoms with Gasteiger partial charge in [-0.1, -0.05) is 33.0 Å². The fraction of sp³-hybridized carbons (Fsp3) is 0.353. The van der Waals surface area contributed by atoms with Crippen molar-refractivity contribution in [3.63, 3.8) is 0 Å². The lowest BCUT2D eigenvalue weighted by molar-refractivity contribution is 0.585. The summed E-state index contributed by atoms with van der Waals surface area (Å²) in [6, 6.07) is 10.1. The second kappa shape index (κ2) is 5.90. The van der Waals surface area contributed by atoms with Gasteiger partial charge in [0.15, 0.2) is 0 Å². The van der Waals surface area contributed by atoms with Crippen molar-refractivity contribution >= 4 is 34.2 Å². The number of anilines is 1. The number of thiocarbonyl (C=S) groups is 1. The summed E-state index contributed by atoms with van der Waals surface area (Å²) in [5, 5.41) is 3.05. The van der Waals surface area contributed by atoms with E-state index in [0.717, 1.165) is 22.0 Å². The third-order valence-corrected chi connectivity index (χ3v) is 3.34. The molecule has 0 radical (unpaired) electrons. The number of nitrogens with zero attached hydrogens (tertiary/aromatic N) is 1. The Hall–Kier alpha value is -1.81. The molecule has 0 aliphatic rings. The average Bonchev–Trinajstić information content (AvgIpc) is 3.06. The minimum atomic E-state index is 0.210. The van der Waals surface area contributed by atoms with Gasteiger partial charge in [0.2, 0.25) is 0 Å². The van der Waals surface area contributed by atoms with Crippen LogP contribution >= 0.6 is 12.2 Å². The minimum absolute atomic E-state index is 0.210. The number of nitrogens with one attached hydrogen (secondary N) is 1. The van der Waals surface area contributed by atoms with Crippen molar-refractivity contribution in [2.45, 2.75) is 33.1 Å². The average molecular weight is 302 g/mol. The minimum Gasteiger partial charge on any atom is -0.457 e. The SMILES string of the molecule is CC(=S)Nc1cccn1C.CC(C)(C)c1cc2ccc1o2. The molecule has 3 nitrogen and oxygen atoms in total. The predicted octanol–water partition coefficient (Wildman–Crippen LogP) is 4.95. The third kappa shape index (κ3) is 3.85. The Morgan fingerprint density at radius 2 is 1.95 bits per heavy atom. The number of aromatic nitrogens is 1. The van der Waals surface area contributed by atoms with E-state index in [0.29, 0.717) is 0 Å². The maximum absolute atomic E-state index is 5.44. The summed E-state index contributed by atoms with van der Waals surface area (Å²) in [4.78, 5) is 0.793. The molecular weight excluding hydrogens is 280 g/mol. The lowest BCUT2D eigenvalue weighted by atomic mass is 9.87. The number of aryl methyl sites for hydroxylation is 1. The maximum atomic E-state index is 5.44. The molecule has 3 rings (SSSR count). The zero-order valence-corrected chi connectivity index (χ0v) is 14.0. The van der Waals surface area contributed by atoms with Crippen LogP contribution in [0.25, 0.3) is 11.2 Å². The van der Waals surface area contributed by atoms with Crippen LogP contribution in [0.3, 0.4) is 0 Å². The van der Waals surface area contributed by atoms with Crippen LogP contribution in [0.2, 0.25) is 0 Å². The van der Waals surface area contributed by atoms with Crippen molar-refractivity contribution in [3.05, 3.63) is 42.1 Å². The van der Waals surface area contributed by atoms with Crippen molar-refractivity contribution in [2.24, 2.45) is 7.05 Å². The molecule has 0 fully saturated rings. The van der Waals surface area contributed by atoms with Gasteiger partial charge in [0.25, 0.3) is 0 Å². The summed E-state index contributed by atoms with van der Waals surface area (Å²) in [6.45, 7) is 8.46. The number of rotatable bonds is 1. The largest absolute Gasteiger partial charge is 0.457 e. The maximum Gasteiger partial charge on any atom is 0.131 e. The van der Waals surface area contributed by atoms with Crippen molar-refractivity contribution < 1.29 is 4.42 Å². The highest BCUT2D eigenvalue weighted by Gasteiger charge is 2.19. The van der Waals surface area contributed by atoms with Gasteiger partial charge in [0.05, 0.1) is 4.99 Å². The summed E-state index contributed by atoms with van der Waals surface area (Å²) in [5.74, 6) is 1.03. The summed E-state index contributed by atoms with van der Waals surface area (Å²) >= 11 is 4.88. The quantitative estimate of drug-likeness (QED) is 0.645. The van der Waals surface area contributed by atoms with Crippen molar-refractivity contribution in [2.75, 3.05) is 5.32 Å². The van der Waals surface area contributed by atoms with Crippen LogP contribution in [0, 0.1) is 0 Å². The first-order valence-electron chi connectivity index (χ1n) is 6.98. The molecule has 4 heteroatoms. The van der Waals surface area contributed by atoms with Gasteiger partial charge in [0.1, 0.15) is 17.0 Å². The normalized spacial score (nSPS) is 11.3. The van der Waals surface area contributed by atoms with E-state index in [4.69, 9.17) is 16.6 Å². The first-order valence-corrected chi connectivity index (χ1v) is 7.39. The van der Waals surface area contributed by atoms with Crippen LogP contribution in [0.15, 0.2) is 40.9 Å². The highest BCUT2D eigenvalue weighted by Crippen LogP contribution is 2.32. The van der Waals surface area contributed by atoms with E-state index in [1.54, 1.807) is 0 Å². The van der Waals surface area contributed by atoms with E-state index in [-0.39, 0.29) is 5.41 Å². The molecule has 0 unspecified atom stereocenters. The molecule has 3 aromatic heterocycles. The molecule has 1 N–H and O–H groups in total. The number of hydrogen-bond acceptors (Lipinski definition) is 2. The lowest BCUT2D eigenvalue weighted by Gasteiger charge is -2.16. The Labute approximate surface area is 131 Å². The molecule has 0 aliphatic carbocycles. The molecule has 0 spiro atoms. The summed E-state index contributed by atoms with van der Waals surface area (Å²) in [7, 11) is 1.97. The molecule has 112 valence electrons. The van der Waals surface area contributed by atoms with Gasteiger partial charge in [-0.2, -0.15) is 0 Å². The Morgan fingerprint density at radius 1 is 1.24 bits per heavy atom. The number of fused-ring (bicyclic) bond motifs is 2. The fourth-order valence-electron chi connectivity index (χ4n) is 2.15. The number of hydrogen-bond donors (Lipinski definition) is 1. The molecule has 0 aliphatic heterocycles. The molecular formula is C17H22N2OS. The second-order valence-corrected chi connectivity index (χ2v) is 6.81. The first kappa shape index (κ1) is 15.6. The van der Waals surface area contributed by atoms with Gasteiger partial charge in [-0.25, -0.2) is 0 Å². The van der Waals surface area contributed by atoms with E-state index < -0.39 is 0 Å². The van der Waals surface area contributed by atoms with E-state index in [9.17, 15) is 0 Å². The van der Waals surface area contributed by atoms with Gasteiger partial charge in [-0.05, 0) is 42.7 Å².